The number of amides is 1. The Morgan fingerprint density at radius 1 is 1.12 bits per heavy atom. The molecule has 0 bridgehead atoms. The molecular formula is C13H22N2O. The van der Waals surface area contributed by atoms with Crippen LogP contribution >= 0.6 is 0 Å². The van der Waals surface area contributed by atoms with E-state index < -0.39 is 0 Å². The number of likely N-dealkylation sites (tertiary alicyclic amines) is 1. The Hall–Kier alpha value is -0.570. The molecule has 0 aromatic rings. The largest absolute Gasteiger partial charge is 0.339 e. The molecule has 4 unspecified atom stereocenters. The van der Waals surface area contributed by atoms with E-state index in [1.54, 1.807) is 0 Å². The lowest BCUT2D eigenvalue weighted by atomic mass is 9.78. The highest BCUT2D eigenvalue weighted by Crippen LogP contribution is 2.38. The lowest BCUT2D eigenvalue weighted by molar-refractivity contribution is -0.139. The van der Waals surface area contributed by atoms with Gasteiger partial charge in [-0.3, -0.25) is 4.79 Å². The average Bonchev–Trinajstić information content (AvgIpc) is 3.05. The minimum absolute atomic E-state index is 0.163. The summed E-state index contributed by atoms with van der Waals surface area (Å²) >= 11 is 0. The third kappa shape index (κ3) is 1.75. The first-order valence-corrected chi connectivity index (χ1v) is 6.83. The Kier molecular flexibility index (Phi) is 2.66. The summed E-state index contributed by atoms with van der Waals surface area (Å²) in [6.07, 6.45) is 8.71. The average molecular weight is 222 g/mol. The molecule has 1 heterocycles. The van der Waals surface area contributed by atoms with Gasteiger partial charge in [-0.15, -0.1) is 0 Å². The van der Waals surface area contributed by atoms with Crippen molar-refractivity contribution in [3.8, 4) is 0 Å². The van der Waals surface area contributed by atoms with Crippen molar-refractivity contribution < 1.29 is 4.79 Å². The summed E-state index contributed by atoms with van der Waals surface area (Å²) in [4.78, 5) is 14.5. The van der Waals surface area contributed by atoms with Crippen molar-refractivity contribution in [2.45, 2.75) is 57.0 Å². The minimum atomic E-state index is 0.163. The van der Waals surface area contributed by atoms with Crippen LogP contribution in [0.4, 0.5) is 0 Å². The number of carbonyl (C=O) groups is 1. The third-order valence-corrected chi connectivity index (χ3v) is 4.68. The first-order valence-electron chi connectivity index (χ1n) is 6.83. The van der Waals surface area contributed by atoms with Crippen LogP contribution in [-0.4, -0.2) is 29.4 Å². The fraction of sp³-hybridized carbons (Fsp3) is 0.923. The molecule has 0 spiro atoms. The molecule has 1 amide bonds. The van der Waals surface area contributed by atoms with E-state index >= 15 is 0 Å². The number of nitrogens with zero attached hydrogens (tertiary/aromatic N) is 1. The Bertz CT molecular complexity index is 290. The standard InChI is InChI=1S/C13H22N2O/c14-11-8-10(11)13(16)15-7-3-5-9-4-1-2-6-12(9)15/h9-12H,1-8,14H2. The number of hydrogen-bond acceptors (Lipinski definition) is 2. The molecule has 4 atom stereocenters. The van der Waals surface area contributed by atoms with E-state index in [2.05, 4.69) is 4.90 Å². The van der Waals surface area contributed by atoms with Crippen LogP contribution < -0.4 is 5.73 Å². The Morgan fingerprint density at radius 3 is 2.56 bits per heavy atom. The summed E-state index contributed by atoms with van der Waals surface area (Å²) in [5.74, 6) is 1.33. The number of hydrogen-bond donors (Lipinski definition) is 1. The summed E-state index contributed by atoms with van der Waals surface area (Å²) in [6, 6.07) is 0.722. The van der Waals surface area contributed by atoms with Crippen LogP contribution in [-0.2, 0) is 4.79 Å². The Morgan fingerprint density at radius 2 is 1.81 bits per heavy atom. The molecule has 3 fully saturated rings. The van der Waals surface area contributed by atoms with E-state index in [-0.39, 0.29) is 12.0 Å². The van der Waals surface area contributed by atoms with E-state index in [0.29, 0.717) is 11.9 Å². The fourth-order valence-electron chi connectivity index (χ4n) is 3.61. The second-order valence-electron chi connectivity index (χ2n) is 5.79. The first kappa shape index (κ1) is 10.6. The molecule has 2 N–H and O–H groups in total. The van der Waals surface area contributed by atoms with Crippen molar-refractivity contribution >= 4 is 5.91 Å². The van der Waals surface area contributed by atoms with Crippen LogP contribution in [0.1, 0.15) is 44.9 Å². The van der Waals surface area contributed by atoms with E-state index in [4.69, 9.17) is 5.73 Å². The van der Waals surface area contributed by atoms with Crippen molar-refractivity contribution in [2.24, 2.45) is 17.6 Å². The summed E-state index contributed by atoms with van der Waals surface area (Å²) in [7, 11) is 0. The number of rotatable bonds is 1. The maximum atomic E-state index is 12.3. The molecule has 1 saturated heterocycles. The predicted molar refractivity (Wildman–Crippen MR) is 62.8 cm³/mol. The molecular weight excluding hydrogens is 200 g/mol. The van der Waals surface area contributed by atoms with E-state index in [9.17, 15) is 4.79 Å². The number of nitrogens with two attached hydrogens (primary N) is 1. The van der Waals surface area contributed by atoms with Crippen LogP contribution in [0.15, 0.2) is 0 Å². The van der Waals surface area contributed by atoms with Gasteiger partial charge in [0.25, 0.3) is 0 Å². The van der Waals surface area contributed by atoms with Gasteiger partial charge >= 0.3 is 0 Å². The maximum Gasteiger partial charge on any atom is 0.227 e. The second-order valence-corrected chi connectivity index (χ2v) is 5.79. The van der Waals surface area contributed by atoms with Crippen LogP contribution in [0.2, 0.25) is 0 Å². The third-order valence-electron chi connectivity index (χ3n) is 4.68. The van der Waals surface area contributed by atoms with Crippen molar-refractivity contribution in [2.75, 3.05) is 6.54 Å². The molecule has 3 aliphatic rings. The van der Waals surface area contributed by atoms with Crippen molar-refractivity contribution in [1.82, 2.24) is 4.90 Å². The molecule has 90 valence electrons. The number of carbonyl (C=O) groups excluding carboxylic acids is 1. The summed E-state index contributed by atoms with van der Waals surface area (Å²) in [5, 5.41) is 0. The zero-order valence-electron chi connectivity index (χ0n) is 9.90. The highest BCUT2D eigenvalue weighted by atomic mass is 16.2. The monoisotopic (exact) mass is 222 g/mol. The molecule has 3 nitrogen and oxygen atoms in total. The summed E-state index contributed by atoms with van der Waals surface area (Å²) in [5.41, 5.74) is 5.79. The van der Waals surface area contributed by atoms with Gasteiger partial charge in [-0.1, -0.05) is 12.8 Å². The van der Waals surface area contributed by atoms with E-state index in [1.165, 1.54) is 38.5 Å². The molecule has 3 rings (SSSR count). The molecule has 0 radical (unpaired) electrons. The SMILES string of the molecule is NC1CC1C(=O)N1CCCC2CCCCC21. The Balaban J connectivity index is 1.70. The van der Waals surface area contributed by atoms with Gasteiger partial charge < -0.3 is 10.6 Å². The van der Waals surface area contributed by atoms with Crippen LogP contribution in [0.25, 0.3) is 0 Å². The van der Waals surface area contributed by atoms with Crippen molar-refractivity contribution in [1.29, 1.82) is 0 Å². The van der Waals surface area contributed by atoms with Crippen LogP contribution in [0.3, 0.4) is 0 Å². The number of fused-ring (bicyclic) bond motifs is 1. The highest BCUT2D eigenvalue weighted by Gasteiger charge is 2.45. The van der Waals surface area contributed by atoms with Crippen LogP contribution in [0.5, 0.6) is 0 Å². The molecule has 2 aliphatic carbocycles. The molecule has 1 aliphatic heterocycles. The van der Waals surface area contributed by atoms with E-state index in [1.807, 2.05) is 0 Å². The lowest BCUT2D eigenvalue weighted by Gasteiger charge is -2.44. The van der Waals surface area contributed by atoms with Crippen LogP contribution in [0, 0.1) is 11.8 Å². The second kappa shape index (κ2) is 4.02. The predicted octanol–water partition coefficient (Wildman–Crippen LogP) is 1.51. The van der Waals surface area contributed by atoms with Gasteiger partial charge in [0.05, 0.1) is 5.92 Å². The summed E-state index contributed by atoms with van der Waals surface area (Å²) < 4.78 is 0. The van der Waals surface area contributed by atoms with Gasteiger partial charge in [0.2, 0.25) is 5.91 Å². The molecule has 16 heavy (non-hydrogen) atoms. The van der Waals surface area contributed by atoms with Gasteiger partial charge in [-0.2, -0.15) is 0 Å². The van der Waals surface area contributed by atoms with Gasteiger partial charge in [0, 0.05) is 18.6 Å². The normalized spacial score (nSPS) is 42.7. The highest BCUT2D eigenvalue weighted by molar-refractivity contribution is 5.82. The van der Waals surface area contributed by atoms with Crippen molar-refractivity contribution in [3.05, 3.63) is 0 Å². The topological polar surface area (TPSA) is 46.3 Å². The fourth-order valence-corrected chi connectivity index (χ4v) is 3.61. The smallest absolute Gasteiger partial charge is 0.227 e. The van der Waals surface area contributed by atoms with Gasteiger partial charge in [0.15, 0.2) is 0 Å². The lowest BCUT2D eigenvalue weighted by Crippen LogP contribution is -2.50. The minimum Gasteiger partial charge on any atom is -0.339 e. The molecule has 2 saturated carbocycles. The zero-order chi connectivity index (χ0) is 11.1. The van der Waals surface area contributed by atoms with Crippen molar-refractivity contribution in [3.63, 3.8) is 0 Å². The van der Waals surface area contributed by atoms with Gasteiger partial charge in [-0.05, 0) is 38.0 Å². The zero-order valence-corrected chi connectivity index (χ0v) is 9.90. The maximum absolute atomic E-state index is 12.3. The molecule has 3 heteroatoms. The van der Waals surface area contributed by atoms with E-state index in [0.717, 1.165) is 18.9 Å². The Labute approximate surface area is 97.4 Å². The number of piperidine rings is 1. The van der Waals surface area contributed by atoms with Gasteiger partial charge in [-0.25, -0.2) is 0 Å². The first-order chi connectivity index (χ1) is 7.77. The quantitative estimate of drug-likeness (QED) is 0.731. The molecule has 0 aromatic heterocycles. The molecule has 0 aromatic carbocycles. The van der Waals surface area contributed by atoms with Gasteiger partial charge in [0.1, 0.15) is 0 Å². The summed E-state index contributed by atoms with van der Waals surface area (Å²) in [6.45, 7) is 0.989.